The highest BCUT2D eigenvalue weighted by Crippen LogP contribution is 2.22. The number of nitrogens with zero attached hydrogens (tertiary/aromatic N) is 2. The van der Waals surface area contributed by atoms with Crippen LogP contribution in [-0.2, 0) is 11.2 Å². The number of ether oxygens (including phenoxy) is 1. The van der Waals surface area contributed by atoms with Gasteiger partial charge in [-0.2, -0.15) is 10.2 Å². The molecule has 0 fully saturated rings. The molecule has 0 spiro atoms. The van der Waals surface area contributed by atoms with Crippen molar-refractivity contribution in [2.45, 2.75) is 6.42 Å². The zero-order valence-corrected chi connectivity index (χ0v) is 10.9. The molecule has 0 aliphatic carbocycles. The number of azo groups is 1. The first-order chi connectivity index (χ1) is 9.75. The van der Waals surface area contributed by atoms with E-state index in [-0.39, 0.29) is 6.61 Å². The first-order valence-corrected chi connectivity index (χ1v) is 6.22. The van der Waals surface area contributed by atoms with Gasteiger partial charge < -0.3 is 10.5 Å². The van der Waals surface area contributed by atoms with Gasteiger partial charge in [-0.3, -0.25) is 0 Å². The molecule has 0 aromatic heterocycles. The lowest BCUT2D eigenvalue weighted by atomic mass is 10.1. The second-order valence-corrected chi connectivity index (χ2v) is 4.08. The Morgan fingerprint density at radius 1 is 1.00 bits per heavy atom. The van der Waals surface area contributed by atoms with Crippen molar-refractivity contribution in [3.8, 4) is 0 Å². The Morgan fingerprint density at radius 3 is 2.45 bits per heavy atom. The van der Waals surface area contributed by atoms with Crippen molar-refractivity contribution in [1.82, 2.24) is 0 Å². The van der Waals surface area contributed by atoms with E-state index in [1.165, 1.54) is 0 Å². The minimum absolute atomic E-state index is 0.229. The standard InChI is InChI=1S/C15H15N3O2/c16-15(19)20-11-10-12-6-4-5-9-14(12)18-17-13-7-2-1-3-8-13/h1-9H,10-11H2,(H2,16,19). The van der Waals surface area contributed by atoms with E-state index >= 15 is 0 Å². The fourth-order valence-corrected chi connectivity index (χ4v) is 1.69. The predicted molar refractivity (Wildman–Crippen MR) is 76.3 cm³/mol. The third-order valence-electron chi connectivity index (χ3n) is 2.64. The third-order valence-corrected chi connectivity index (χ3v) is 2.64. The molecule has 1 amide bonds. The average Bonchev–Trinajstić information content (AvgIpc) is 2.47. The van der Waals surface area contributed by atoms with Crippen LogP contribution in [0, 0.1) is 0 Å². The molecule has 0 bridgehead atoms. The Kier molecular flexibility index (Phi) is 4.83. The van der Waals surface area contributed by atoms with Crippen LogP contribution < -0.4 is 5.73 Å². The van der Waals surface area contributed by atoms with E-state index in [4.69, 9.17) is 10.5 Å². The van der Waals surface area contributed by atoms with Crippen LogP contribution >= 0.6 is 0 Å². The summed E-state index contributed by atoms with van der Waals surface area (Å²) < 4.78 is 4.73. The quantitative estimate of drug-likeness (QED) is 0.839. The monoisotopic (exact) mass is 269 g/mol. The highest BCUT2D eigenvalue weighted by Gasteiger charge is 2.02. The summed E-state index contributed by atoms with van der Waals surface area (Å²) in [4.78, 5) is 10.5. The van der Waals surface area contributed by atoms with Gasteiger partial charge in [0.25, 0.3) is 0 Å². The number of carbonyl (C=O) groups is 1. The van der Waals surface area contributed by atoms with Gasteiger partial charge in [0.05, 0.1) is 18.0 Å². The van der Waals surface area contributed by atoms with E-state index in [1.807, 2.05) is 54.6 Å². The first-order valence-electron chi connectivity index (χ1n) is 6.22. The molecule has 2 aromatic rings. The largest absolute Gasteiger partial charge is 0.449 e. The van der Waals surface area contributed by atoms with Gasteiger partial charge in [0, 0.05) is 6.42 Å². The molecule has 0 radical (unpaired) electrons. The summed E-state index contributed by atoms with van der Waals surface area (Å²) in [6.45, 7) is 0.229. The number of hydrogen-bond acceptors (Lipinski definition) is 4. The SMILES string of the molecule is NC(=O)OCCc1ccccc1N=Nc1ccccc1. The summed E-state index contributed by atoms with van der Waals surface area (Å²) in [7, 11) is 0. The van der Waals surface area contributed by atoms with Crippen LogP contribution in [0.15, 0.2) is 64.8 Å². The number of rotatable bonds is 5. The van der Waals surface area contributed by atoms with E-state index < -0.39 is 6.09 Å². The first kappa shape index (κ1) is 13.7. The Balaban J connectivity index is 2.07. The normalized spacial score (nSPS) is 10.6. The lowest BCUT2D eigenvalue weighted by Crippen LogP contribution is -2.14. The summed E-state index contributed by atoms with van der Waals surface area (Å²) in [5.41, 5.74) is 7.42. The maximum absolute atomic E-state index is 10.5. The zero-order valence-electron chi connectivity index (χ0n) is 10.9. The number of nitrogens with two attached hydrogens (primary N) is 1. The van der Waals surface area contributed by atoms with Crippen LogP contribution in [0.1, 0.15) is 5.56 Å². The molecule has 102 valence electrons. The minimum Gasteiger partial charge on any atom is -0.449 e. The summed E-state index contributed by atoms with van der Waals surface area (Å²) >= 11 is 0. The predicted octanol–water partition coefficient (Wildman–Crippen LogP) is 3.74. The summed E-state index contributed by atoms with van der Waals surface area (Å²) in [5.74, 6) is 0. The average molecular weight is 269 g/mol. The fraction of sp³-hybridized carbons (Fsp3) is 0.133. The molecule has 2 aromatic carbocycles. The summed E-state index contributed by atoms with van der Waals surface area (Å²) in [5, 5.41) is 8.40. The van der Waals surface area contributed by atoms with Gasteiger partial charge in [-0.15, -0.1) is 0 Å². The number of carbonyl (C=O) groups excluding carboxylic acids is 1. The van der Waals surface area contributed by atoms with Gasteiger partial charge in [-0.05, 0) is 23.8 Å². The Morgan fingerprint density at radius 2 is 1.70 bits per heavy atom. The second kappa shape index (κ2) is 7.04. The smallest absolute Gasteiger partial charge is 0.404 e. The molecule has 0 atom stereocenters. The van der Waals surface area contributed by atoms with Gasteiger partial charge in [-0.25, -0.2) is 4.79 Å². The van der Waals surface area contributed by atoms with Crippen molar-refractivity contribution < 1.29 is 9.53 Å². The Hall–Kier alpha value is -2.69. The molecule has 5 nitrogen and oxygen atoms in total. The van der Waals surface area contributed by atoms with Crippen LogP contribution in [0.2, 0.25) is 0 Å². The fourth-order valence-electron chi connectivity index (χ4n) is 1.69. The van der Waals surface area contributed by atoms with E-state index in [9.17, 15) is 4.79 Å². The van der Waals surface area contributed by atoms with Crippen molar-refractivity contribution in [2.75, 3.05) is 6.61 Å². The van der Waals surface area contributed by atoms with Crippen molar-refractivity contribution in [3.63, 3.8) is 0 Å². The van der Waals surface area contributed by atoms with Gasteiger partial charge >= 0.3 is 6.09 Å². The van der Waals surface area contributed by atoms with Crippen molar-refractivity contribution in [2.24, 2.45) is 16.0 Å². The molecular formula is C15H15N3O2. The lowest BCUT2D eigenvalue weighted by molar-refractivity contribution is 0.158. The molecule has 0 saturated heterocycles. The van der Waals surface area contributed by atoms with Crippen LogP contribution in [0.5, 0.6) is 0 Å². The van der Waals surface area contributed by atoms with Gasteiger partial charge in [0.15, 0.2) is 0 Å². The summed E-state index contributed by atoms with van der Waals surface area (Å²) in [6, 6.07) is 17.1. The lowest BCUT2D eigenvalue weighted by Gasteiger charge is -2.04. The molecule has 5 heteroatoms. The molecular weight excluding hydrogens is 254 g/mol. The number of hydrogen-bond donors (Lipinski definition) is 1. The molecule has 2 rings (SSSR count). The molecule has 0 aliphatic heterocycles. The molecule has 0 aliphatic rings. The third kappa shape index (κ3) is 4.20. The highest BCUT2D eigenvalue weighted by molar-refractivity contribution is 5.64. The molecule has 0 unspecified atom stereocenters. The van der Waals surface area contributed by atoms with E-state index in [0.29, 0.717) is 6.42 Å². The Labute approximate surface area is 117 Å². The molecule has 0 saturated carbocycles. The van der Waals surface area contributed by atoms with Crippen LogP contribution in [0.3, 0.4) is 0 Å². The van der Waals surface area contributed by atoms with Crippen molar-refractivity contribution in [1.29, 1.82) is 0 Å². The topological polar surface area (TPSA) is 77.0 Å². The van der Waals surface area contributed by atoms with Gasteiger partial charge in [0.2, 0.25) is 0 Å². The molecule has 2 N–H and O–H groups in total. The van der Waals surface area contributed by atoms with E-state index in [0.717, 1.165) is 16.9 Å². The van der Waals surface area contributed by atoms with Crippen LogP contribution in [0.25, 0.3) is 0 Å². The van der Waals surface area contributed by atoms with E-state index in [1.54, 1.807) is 0 Å². The van der Waals surface area contributed by atoms with Crippen molar-refractivity contribution >= 4 is 17.5 Å². The Bertz CT molecular complexity index is 597. The van der Waals surface area contributed by atoms with Crippen LogP contribution in [0.4, 0.5) is 16.2 Å². The maximum atomic E-state index is 10.5. The number of primary amides is 1. The van der Waals surface area contributed by atoms with Gasteiger partial charge in [0.1, 0.15) is 0 Å². The minimum atomic E-state index is -0.770. The number of amides is 1. The van der Waals surface area contributed by atoms with Gasteiger partial charge in [-0.1, -0.05) is 36.4 Å². The van der Waals surface area contributed by atoms with Crippen molar-refractivity contribution in [3.05, 3.63) is 60.2 Å². The number of benzene rings is 2. The maximum Gasteiger partial charge on any atom is 0.404 e. The second-order valence-electron chi connectivity index (χ2n) is 4.08. The molecule has 0 heterocycles. The highest BCUT2D eigenvalue weighted by atomic mass is 16.5. The molecule has 20 heavy (non-hydrogen) atoms. The van der Waals surface area contributed by atoms with E-state index in [2.05, 4.69) is 10.2 Å². The zero-order chi connectivity index (χ0) is 14.2. The van der Waals surface area contributed by atoms with Crippen LogP contribution in [-0.4, -0.2) is 12.7 Å². The summed E-state index contributed by atoms with van der Waals surface area (Å²) in [6.07, 6.45) is -0.221.